The van der Waals surface area contributed by atoms with Crippen molar-refractivity contribution >= 4 is 27.7 Å². The molecule has 0 spiro atoms. The van der Waals surface area contributed by atoms with Crippen molar-refractivity contribution in [2.45, 2.75) is 42.4 Å². The molecule has 3 rings (SSSR count). The van der Waals surface area contributed by atoms with Gasteiger partial charge in [0.2, 0.25) is 0 Å². The van der Waals surface area contributed by atoms with E-state index in [2.05, 4.69) is 35.7 Å². The maximum Gasteiger partial charge on any atom is 0.197 e. The van der Waals surface area contributed by atoms with Gasteiger partial charge in [-0.25, -0.2) is 4.98 Å². The summed E-state index contributed by atoms with van der Waals surface area (Å²) in [6.45, 7) is 1.03. The molecule has 1 aliphatic rings. The van der Waals surface area contributed by atoms with Gasteiger partial charge >= 0.3 is 0 Å². The van der Waals surface area contributed by atoms with Crippen molar-refractivity contribution in [3.8, 4) is 0 Å². The Labute approximate surface area is 118 Å². The third-order valence-electron chi connectivity index (χ3n) is 2.96. The average molecular weight is 325 g/mol. The summed E-state index contributed by atoms with van der Waals surface area (Å²) >= 11 is 4.97. The highest BCUT2D eigenvalue weighted by Crippen LogP contribution is 2.27. The number of fused-ring (bicyclic) bond motifs is 1. The number of hydrogen-bond acceptors (Lipinski definition) is 4. The van der Waals surface area contributed by atoms with Crippen molar-refractivity contribution in [1.29, 1.82) is 0 Å². The molecule has 0 N–H and O–H groups in total. The SMILES string of the molecule is Brc1cccc(Sc2nnc3n2CCCCC3)n1. The first-order valence-electron chi connectivity index (χ1n) is 6.05. The number of hydrogen-bond donors (Lipinski definition) is 0. The molecule has 0 fully saturated rings. The Morgan fingerprint density at radius 3 is 3.00 bits per heavy atom. The van der Waals surface area contributed by atoms with Crippen LogP contribution in [0.5, 0.6) is 0 Å². The highest BCUT2D eigenvalue weighted by atomic mass is 79.9. The molecule has 94 valence electrons. The quantitative estimate of drug-likeness (QED) is 0.795. The van der Waals surface area contributed by atoms with Gasteiger partial charge in [0.25, 0.3) is 0 Å². The summed E-state index contributed by atoms with van der Waals surface area (Å²) in [5, 5.41) is 10.5. The first-order valence-corrected chi connectivity index (χ1v) is 7.66. The fourth-order valence-electron chi connectivity index (χ4n) is 2.07. The van der Waals surface area contributed by atoms with Crippen molar-refractivity contribution < 1.29 is 0 Å². The lowest BCUT2D eigenvalue weighted by molar-refractivity contribution is 0.590. The van der Waals surface area contributed by atoms with Gasteiger partial charge in [0.05, 0.1) is 0 Å². The number of rotatable bonds is 2. The molecule has 6 heteroatoms. The van der Waals surface area contributed by atoms with Gasteiger partial charge in [-0.05, 0) is 52.7 Å². The lowest BCUT2D eigenvalue weighted by atomic mass is 10.2. The molecule has 2 aromatic heterocycles. The van der Waals surface area contributed by atoms with Crippen molar-refractivity contribution in [3.63, 3.8) is 0 Å². The summed E-state index contributed by atoms with van der Waals surface area (Å²) in [4.78, 5) is 4.42. The van der Waals surface area contributed by atoms with Gasteiger partial charge in [0.15, 0.2) is 5.16 Å². The van der Waals surface area contributed by atoms with E-state index in [-0.39, 0.29) is 0 Å². The largest absolute Gasteiger partial charge is 0.306 e. The lowest BCUT2D eigenvalue weighted by Gasteiger charge is -2.05. The number of nitrogens with zero attached hydrogens (tertiary/aromatic N) is 4. The van der Waals surface area contributed by atoms with Crippen LogP contribution in [0.2, 0.25) is 0 Å². The zero-order chi connectivity index (χ0) is 12.4. The van der Waals surface area contributed by atoms with Gasteiger partial charge in [-0.2, -0.15) is 0 Å². The Balaban J connectivity index is 1.87. The Bertz CT molecular complexity index is 555. The minimum atomic E-state index is 0.850. The molecule has 0 unspecified atom stereocenters. The van der Waals surface area contributed by atoms with E-state index in [1.807, 2.05) is 18.2 Å². The maximum absolute atomic E-state index is 4.42. The monoisotopic (exact) mass is 324 g/mol. The van der Waals surface area contributed by atoms with E-state index in [0.717, 1.165) is 33.6 Å². The van der Waals surface area contributed by atoms with Gasteiger partial charge in [-0.15, -0.1) is 10.2 Å². The van der Waals surface area contributed by atoms with Crippen LogP contribution < -0.4 is 0 Å². The molecule has 18 heavy (non-hydrogen) atoms. The molecule has 0 aromatic carbocycles. The summed E-state index contributed by atoms with van der Waals surface area (Å²) < 4.78 is 3.09. The summed E-state index contributed by atoms with van der Waals surface area (Å²) in [5.41, 5.74) is 0. The highest BCUT2D eigenvalue weighted by molar-refractivity contribution is 9.10. The van der Waals surface area contributed by atoms with Crippen LogP contribution in [0.25, 0.3) is 0 Å². The lowest BCUT2D eigenvalue weighted by Crippen LogP contribution is -2.02. The van der Waals surface area contributed by atoms with Crippen molar-refractivity contribution in [2.24, 2.45) is 0 Å². The molecule has 0 saturated heterocycles. The predicted octanol–water partition coefficient (Wildman–Crippen LogP) is 3.31. The van der Waals surface area contributed by atoms with Crippen LogP contribution in [0, 0.1) is 0 Å². The fraction of sp³-hybridized carbons (Fsp3) is 0.417. The third kappa shape index (κ3) is 2.59. The Hall–Kier alpha value is -0.880. The molecule has 0 radical (unpaired) electrons. The molecular formula is C12H13BrN4S. The Kier molecular flexibility index (Phi) is 3.65. The van der Waals surface area contributed by atoms with Crippen molar-refractivity contribution in [3.05, 3.63) is 28.6 Å². The average Bonchev–Trinajstić information content (AvgIpc) is 2.60. The predicted molar refractivity (Wildman–Crippen MR) is 73.6 cm³/mol. The smallest absolute Gasteiger partial charge is 0.197 e. The summed E-state index contributed by atoms with van der Waals surface area (Å²) in [6.07, 6.45) is 4.75. The number of halogens is 1. The highest BCUT2D eigenvalue weighted by Gasteiger charge is 2.15. The molecule has 0 aliphatic carbocycles. The topological polar surface area (TPSA) is 43.6 Å². The Morgan fingerprint density at radius 2 is 2.11 bits per heavy atom. The van der Waals surface area contributed by atoms with E-state index in [1.54, 1.807) is 11.8 Å². The summed E-state index contributed by atoms with van der Waals surface area (Å²) in [5.74, 6) is 1.12. The third-order valence-corrected chi connectivity index (χ3v) is 4.32. The zero-order valence-electron chi connectivity index (χ0n) is 9.84. The first kappa shape index (κ1) is 12.2. The van der Waals surface area contributed by atoms with Crippen LogP contribution >= 0.6 is 27.7 Å². The van der Waals surface area contributed by atoms with E-state index in [1.165, 1.54) is 19.3 Å². The van der Waals surface area contributed by atoms with E-state index >= 15 is 0 Å². The number of aromatic nitrogens is 4. The van der Waals surface area contributed by atoms with Gasteiger partial charge < -0.3 is 4.57 Å². The molecule has 0 bridgehead atoms. The van der Waals surface area contributed by atoms with Crippen molar-refractivity contribution in [1.82, 2.24) is 19.7 Å². The molecule has 3 heterocycles. The van der Waals surface area contributed by atoms with Crippen LogP contribution in [-0.2, 0) is 13.0 Å². The minimum Gasteiger partial charge on any atom is -0.306 e. The van der Waals surface area contributed by atoms with Gasteiger partial charge in [0, 0.05) is 13.0 Å². The van der Waals surface area contributed by atoms with Crippen LogP contribution in [0.3, 0.4) is 0 Å². The first-order chi connectivity index (χ1) is 8.83. The zero-order valence-corrected chi connectivity index (χ0v) is 12.2. The van der Waals surface area contributed by atoms with E-state index in [4.69, 9.17) is 0 Å². The Morgan fingerprint density at radius 1 is 1.17 bits per heavy atom. The normalized spacial score (nSPS) is 15.2. The molecule has 0 atom stereocenters. The molecular weight excluding hydrogens is 312 g/mol. The van der Waals surface area contributed by atoms with Crippen molar-refractivity contribution in [2.75, 3.05) is 0 Å². The number of aryl methyl sites for hydroxylation is 1. The van der Waals surface area contributed by atoms with Gasteiger partial charge in [-0.3, -0.25) is 0 Å². The second-order valence-corrected chi connectivity index (χ2v) is 6.06. The summed E-state index contributed by atoms with van der Waals surface area (Å²) in [6, 6.07) is 5.90. The van der Waals surface area contributed by atoms with Crippen LogP contribution in [0.4, 0.5) is 0 Å². The van der Waals surface area contributed by atoms with E-state index in [9.17, 15) is 0 Å². The maximum atomic E-state index is 4.42. The van der Waals surface area contributed by atoms with Crippen LogP contribution in [-0.4, -0.2) is 19.7 Å². The fourth-order valence-corrected chi connectivity index (χ4v) is 3.40. The molecule has 0 saturated carbocycles. The molecule has 2 aromatic rings. The standard InChI is InChI=1S/C12H13BrN4S/c13-9-5-4-7-11(14-9)18-12-16-15-10-6-2-1-3-8-17(10)12/h4-5,7H,1-3,6,8H2. The van der Waals surface area contributed by atoms with Crippen LogP contribution in [0.15, 0.2) is 33.0 Å². The van der Waals surface area contributed by atoms with Gasteiger partial charge in [-0.1, -0.05) is 12.5 Å². The van der Waals surface area contributed by atoms with E-state index < -0.39 is 0 Å². The minimum absolute atomic E-state index is 0.850. The molecule has 0 amide bonds. The molecule has 4 nitrogen and oxygen atoms in total. The van der Waals surface area contributed by atoms with Crippen LogP contribution in [0.1, 0.15) is 25.1 Å². The second-order valence-electron chi connectivity index (χ2n) is 4.26. The molecule has 1 aliphatic heterocycles. The summed E-state index contributed by atoms with van der Waals surface area (Å²) in [7, 11) is 0. The number of pyridine rings is 1. The van der Waals surface area contributed by atoms with Gasteiger partial charge in [0.1, 0.15) is 15.5 Å². The second kappa shape index (κ2) is 5.40. The van der Waals surface area contributed by atoms with E-state index in [0.29, 0.717) is 0 Å².